The normalized spacial score (nSPS) is 10.8. The van der Waals surface area contributed by atoms with E-state index in [2.05, 4.69) is 6.58 Å². The fourth-order valence-electron chi connectivity index (χ4n) is 1.23. The van der Waals surface area contributed by atoms with Gasteiger partial charge in [-0.2, -0.15) is 0 Å². The van der Waals surface area contributed by atoms with Crippen LogP contribution in [0.2, 0.25) is 0 Å². The van der Waals surface area contributed by atoms with Gasteiger partial charge in [0.15, 0.2) is 0 Å². The van der Waals surface area contributed by atoms with E-state index < -0.39 is 11.9 Å². The highest BCUT2D eigenvalue weighted by molar-refractivity contribution is 5.76. The zero-order valence-electron chi connectivity index (χ0n) is 9.31. The zero-order valence-corrected chi connectivity index (χ0v) is 9.31. The molecule has 0 saturated carbocycles. The summed E-state index contributed by atoms with van der Waals surface area (Å²) in [6.07, 6.45) is 2.10. The van der Waals surface area contributed by atoms with Crippen LogP contribution >= 0.6 is 0 Å². The molecule has 0 aliphatic heterocycles. The predicted octanol–water partition coefficient (Wildman–Crippen LogP) is 3.46. The Morgan fingerprint density at radius 2 is 1.93 bits per heavy atom. The minimum Gasteiger partial charge on any atom is -0.481 e. The number of hydrogen-bond donors (Lipinski definition) is 1. The van der Waals surface area contributed by atoms with E-state index in [0.717, 1.165) is 5.56 Å². The van der Waals surface area contributed by atoms with Gasteiger partial charge in [-0.3, -0.25) is 4.79 Å². The maximum Gasteiger partial charge on any atom is 0.311 e. The molecule has 0 fully saturated rings. The van der Waals surface area contributed by atoms with Crippen molar-refractivity contribution in [1.29, 1.82) is 0 Å². The fourth-order valence-corrected chi connectivity index (χ4v) is 1.23. The van der Waals surface area contributed by atoms with E-state index in [1.165, 1.54) is 0 Å². The molecule has 2 heteroatoms. The van der Waals surface area contributed by atoms with Crippen LogP contribution < -0.4 is 0 Å². The average molecular weight is 206 g/mol. The first kappa shape index (κ1) is 13.4. The van der Waals surface area contributed by atoms with Gasteiger partial charge in [0.1, 0.15) is 0 Å². The molecule has 2 nitrogen and oxygen atoms in total. The summed E-state index contributed by atoms with van der Waals surface area (Å²) in [5.74, 6) is -1.26. The minimum atomic E-state index is -0.800. The van der Waals surface area contributed by atoms with Gasteiger partial charge < -0.3 is 5.11 Å². The van der Waals surface area contributed by atoms with Gasteiger partial charge in [-0.05, 0) is 12.0 Å². The maximum atomic E-state index is 10.8. The number of hydrogen-bond acceptors (Lipinski definition) is 1. The summed E-state index contributed by atoms with van der Waals surface area (Å²) in [6, 6.07) is 9.20. The van der Waals surface area contributed by atoms with Crippen molar-refractivity contribution in [3.63, 3.8) is 0 Å². The van der Waals surface area contributed by atoms with E-state index in [0.29, 0.717) is 6.42 Å². The molecule has 82 valence electrons. The summed E-state index contributed by atoms with van der Waals surface area (Å²) in [7, 11) is 0. The molecule has 1 rings (SSSR count). The summed E-state index contributed by atoms with van der Waals surface area (Å²) >= 11 is 0. The number of rotatable bonds is 4. The average Bonchev–Trinajstić information content (AvgIpc) is 2.29. The Morgan fingerprint density at radius 3 is 2.33 bits per heavy atom. The van der Waals surface area contributed by atoms with E-state index in [1.54, 1.807) is 6.08 Å². The monoisotopic (exact) mass is 206 g/mol. The Balaban J connectivity index is 0.000000921. The van der Waals surface area contributed by atoms with Crippen molar-refractivity contribution >= 4 is 5.97 Å². The highest BCUT2D eigenvalue weighted by Crippen LogP contribution is 2.19. The van der Waals surface area contributed by atoms with E-state index in [4.69, 9.17) is 5.11 Å². The van der Waals surface area contributed by atoms with Crippen LogP contribution in [0.15, 0.2) is 43.0 Å². The Morgan fingerprint density at radius 1 is 1.40 bits per heavy atom. The smallest absolute Gasteiger partial charge is 0.311 e. The Hall–Kier alpha value is -1.57. The molecule has 1 atom stereocenters. The second kappa shape index (κ2) is 7.80. The molecule has 0 heterocycles. The molecule has 1 N–H and O–H groups in total. The van der Waals surface area contributed by atoms with E-state index in [9.17, 15) is 4.79 Å². The van der Waals surface area contributed by atoms with E-state index in [1.807, 2.05) is 44.2 Å². The Kier molecular flexibility index (Phi) is 6.98. The van der Waals surface area contributed by atoms with Crippen LogP contribution in [0, 0.1) is 0 Å². The van der Waals surface area contributed by atoms with Gasteiger partial charge >= 0.3 is 5.97 Å². The SMILES string of the molecule is C=CCC(C(=O)O)c1ccccc1.CC. The minimum absolute atomic E-state index is 0.460. The highest BCUT2D eigenvalue weighted by atomic mass is 16.4. The van der Waals surface area contributed by atoms with Gasteiger partial charge in [0, 0.05) is 0 Å². The number of allylic oxidation sites excluding steroid dienone is 1. The number of carboxylic acid groups (broad SMARTS) is 1. The van der Waals surface area contributed by atoms with Gasteiger partial charge in [0.25, 0.3) is 0 Å². The van der Waals surface area contributed by atoms with Crippen LogP contribution in [0.3, 0.4) is 0 Å². The third-order valence-corrected chi connectivity index (χ3v) is 1.90. The first-order valence-electron chi connectivity index (χ1n) is 5.14. The van der Waals surface area contributed by atoms with Gasteiger partial charge in [-0.25, -0.2) is 0 Å². The van der Waals surface area contributed by atoms with E-state index in [-0.39, 0.29) is 0 Å². The largest absolute Gasteiger partial charge is 0.481 e. The summed E-state index contributed by atoms with van der Waals surface area (Å²) in [4.78, 5) is 10.8. The molecule has 1 aromatic rings. The lowest BCUT2D eigenvalue weighted by Gasteiger charge is -2.09. The fraction of sp³-hybridized carbons (Fsp3) is 0.308. The number of carboxylic acids is 1. The van der Waals surface area contributed by atoms with Crippen LogP contribution in [0.5, 0.6) is 0 Å². The lowest BCUT2D eigenvalue weighted by molar-refractivity contribution is -0.138. The van der Waals surface area contributed by atoms with Crippen molar-refractivity contribution in [1.82, 2.24) is 0 Å². The molecule has 0 aliphatic carbocycles. The zero-order chi connectivity index (χ0) is 11.7. The third kappa shape index (κ3) is 4.45. The molecule has 0 spiro atoms. The van der Waals surface area contributed by atoms with Crippen LogP contribution in [0.1, 0.15) is 31.7 Å². The topological polar surface area (TPSA) is 37.3 Å². The molecular formula is C13H18O2. The van der Waals surface area contributed by atoms with Crippen LogP contribution in [0.4, 0.5) is 0 Å². The van der Waals surface area contributed by atoms with Gasteiger partial charge in [0.05, 0.1) is 5.92 Å². The molecule has 15 heavy (non-hydrogen) atoms. The second-order valence-corrected chi connectivity index (χ2v) is 2.83. The van der Waals surface area contributed by atoms with Crippen molar-refractivity contribution in [3.8, 4) is 0 Å². The number of carbonyl (C=O) groups is 1. The molecule has 0 radical (unpaired) electrons. The lowest BCUT2D eigenvalue weighted by Crippen LogP contribution is -2.10. The lowest BCUT2D eigenvalue weighted by atomic mass is 9.96. The van der Waals surface area contributed by atoms with Gasteiger partial charge in [-0.15, -0.1) is 6.58 Å². The molecule has 0 aromatic heterocycles. The third-order valence-electron chi connectivity index (χ3n) is 1.90. The molecule has 1 aromatic carbocycles. The second-order valence-electron chi connectivity index (χ2n) is 2.83. The van der Waals surface area contributed by atoms with Crippen molar-refractivity contribution in [2.75, 3.05) is 0 Å². The standard InChI is InChI=1S/C11H12O2.C2H6/c1-2-6-10(11(12)13)9-7-4-3-5-8-9;1-2/h2-5,7-8,10H,1,6H2,(H,12,13);1-2H3. The Labute approximate surface area is 91.3 Å². The van der Waals surface area contributed by atoms with Crippen molar-refractivity contribution in [2.45, 2.75) is 26.2 Å². The molecule has 0 amide bonds. The summed E-state index contributed by atoms with van der Waals surface area (Å²) in [5, 5.41) is 8.91. The number of aliphatic carboxylic acids is 1. The van der Waals surface area contributed by atoms with Crippen LogP contribution in [-0.4, -0.2) is 11.1 Å². The maximum absolute atomic E-state index is 10.8. The number of benzene rings is 1. The van der Waals surface area contributed by atoms with Gasteiger partial charge in [0.2, 0.25) is 0 Å². The summed E-state index contributed by atoms with van der Waals surface area (Å²) in [5.41, 5.74) is 0.829. The molecule has 0 aliphatic rings. The highest BCUT2D eigenvalue weighted by Gasteiger charge is 2.16. The molecule has 1 unspecified atom stereocenters. The Bertz CT molecular complexity index is 291. The summed E-state index contributed by atoms with van der Waals surface area (Å²) < 4.78 is 0. The predicted molar refractivity (Wildman–Crippen MR) is 63.0 cm³/mol. The van der Waals surface area contributed by atoms with Crippen molar-refractivity contribution in [3.05, 3.63) is 48.6 Å². The summed E-state index contributed by atoms with van der Waals surface area (Å²) in [6.45, 7) is 7.55. The first-order valence-corrected chi connectivity index (χ1v) is 5.14. The van der Waals surface area contributed by atoms with Crippen molar-refractivity contribution < 1.29 is 9.90 Å². The molecule has 0 bridgehead atoms. The quantitative estimate of drug-likeness (QED) is 0.766. The van der Waals surface area contributed by atoms with Crippen molar-refractivity contribution in [2.24, 2.45) is 0 Å². The van der Waals surface area contributed by atoms with Gasteiger partial charge in [-0.1, -0.05) is 50.3 Å². The van der Waals surface area contributed by atoms with Crippen LogP contribution in [0.25, 0.3) is 0 Å². The van der Waals surface area contributed by atoms with E-state index >= 15 is 0 Å². The molecular weight excluding hydrogens is 188 g/mol. The van der Waals surface area contributed by atoms with Crippen LogP contribution in [-0.2, 0) is 4.79 Å². The first-order chi connectivity index (χ1) is 7.25. The molecule has 0 saturated heterocycles.